The van der Waals surface area contributed by atoms with E-state index >= 15 is 0 Å². The van der Waals surface area contributed by atoms with Gasteiger partial charge in [-0.1, -0.05) is 13.8 Å². The molecule has 1 aliphatic carbocycles. The van der Waals surface area contributed by atoms with Crippen molar-refractivity contribution < 1.29 is 0 Å². The van der Waals surface area contributed by atoms with Gasteiger partial charge in [0.25, 0.3) is 0 Å². The summed E-state index contributed by atoms with van der Waals surface area (Å²) in [5, 5.41) is 7.83. The van der Waals surface area contributed by atoms with Crippen LogP contribution in [0.3, 0.4) is 0 Å². The Kier molecular flexibility index (Phi) is 3.87. The Bertz CT molecular complexity index is 350. The first-order chi connectivity index (χ1) is 8.11. The number of hydrogen-bond donors (Lipinski definition) is 1. The first-order valence-electron chi connectivity index (χ1n) is 6.79. The van der Waals surface area contributed by atoms with Crippen molar-refractivity contribution in [1.82, 2.24) is 15.1 Å². The molecule has 1 N–H and O–H groups in total. The van der Waals surface area contributed by atoms with E-state index in [1.165, 1.54) is 37.9 Å². The molecule has 1 heterocycles. The predicted molar refractivity (Wildman–Crippen MR) is 70.9 cm³/mol. The van der Waals surface area contributed by atoms with E-state index in [1.807, 2.05) is 17.9 Å². The van der Waals surface area contributed by atoms with Gasteiger partial charge >= 0.3 is 0 Å². The van der Waals surface area contributed by atoms with Crippen LogP contribution in [0.25, 0.3) is 0 Å². The fourth-order valence-electron chi connectivity index (χ4n) is 2.36. The second kappa shape index (κ2) is 5.21. The highest BCUT2D eigenvalue weighted by Gasteiger charge is 2.41. The molecule has 0 radical (unpaired) electrons. The van der Waals surface area contributed by atoms with Gasteiger partial charge in [0, 0.05) is 25.5 Å². The molecule has 0 spiro atoms. The zero-order valence-electron chi connectivity index (χ0n) is 11.4. The third kappa shape index (κ3) is 3.56. The molecule has 96 valence electrons. The van der Waals surface area contributed by atoms with Crippen LogP contribution >= 0.6 is 0 Å². The smallest absolute Gasteiger partial charge is 0.0492 e. The predicted octanol–water partition coefficient (Wildman–Crippen LogP) is 2.38. The van der Waals surface area contributed by atoms with Crippen LogP contribution in [0.2, 0.25) is 0 Å². The van der Waals surface area contributed by atoms with Crippen LogP contribution < -0.4 is 5.32 Å². The van der Waals surface area contributed by atoms with E-state index in [0.717, 1.165) is 12.5 Å². The third-order valence-corrected chi connectivity index (χ3v) is 3.84. The number of nitrogens with one attached hydrogen (secondary N) is 1. The molecule has 3 nitrogen and oxygen atoms in total. The largest absolute Gasteiger partial charge is 0.316 e. The lowest BCUT2D eigenvalue weighted by Gasteiger charge is -2.17. The van der Waals surface area contributed by atoms with Gasteiger partial charge in [0.1, 0.15) is 0 Å². The maximum absolute atomic E-state index is 4.22. The Morgan fingerprint density at radius 3 is 2.76 bits per heavy atom. The highest BCUT2D eigenvalue weighted by molar-refractivity contribution is 5.04. The topological polar surface area (TPSA) is 29.9 Å². The SMILES string of the molecule is CC(C)CNCC1(CCc2ccnn2C)CC1. The van der Waals surface area contributed by atoms with Crippen LogP contribution in [0, 0.1) is 11.3 Å². The maximum Gasteiger partial charge on any atom is 0.0492 e. The number of nitrogens with zero attached hydrogens (tertiary/aromatic N) is 2. The van der Waals surface area contributed by atoms with Gasteiger partial charge in [0.05, 0.1) is 0 Å². The van der Waals surface area contributed by atoms with E-state index in [0.29, 0.717) is 5.41 Å². The molecule has 1 aromatic heterocycles. The van der Waals surface area contributed by atoms with Crippen molar-refractivity contribution in [3.8, 4) is 0 Å². The fraction of sp³-hybridized carbons (Fsp3) is 0.786. The molecule has 3 heteroatoms. The zero-order valence-corrected chi connectivity index (χ0v) is 11.4. The molecule has 1 fully saturated rings. The Labute approximate surface area is 105 Å². The minimum absolute atomic E-state index is 0.596. The van der Waals surface area contributed by atoms with E-state index < -0.39 is 0 Å². The normalized spacial score (nSPS) is 17.6. The lowest BCUT2D eigenvalue weighted by molar-refractivity contribution is 0.405. The van der Waals surface area contributed by atoms with E-state index in [9.17, 15) is 0 Å². The highest BCUT2D eigenvalue weighted by Crippen LogP contribution is 2.48. The molecule has 1 aromatic rings. The van der Waals surface area contributed by atoms with Gasteiger partial charge in [-0.15, -0.1) is 0 Å². The number of aromatic nitrogens is 2. The highest BCUT2D eigenvalue weighted by atomic mass is 15.2. The molecule has 0 bridgehead atoms. The average Bonchev–Trinajstić information content (AvgIpc) is 2.92. The van der Waals surface area contributed by atoms with Crippen LogP contribution in [0.5, 0.6) is 0 Å². The van der Waals surface area contributed by atoms with Gasteiger partial charge in [0.15, 0.2) is 0 Å². The number of rotatable bonds is 7. The minimum Gasteiger partial charge on any atom is -0.316 e. The molecule has 0 atom stereocenters. The Balaban J connectivity index is 1.73. The van der Waals surface area contributed by atoms with Gasteiger partial charge in [-0.05, 0) is 49.6 Å². The van der Waals surface area contributed by atoms with E-state index in [1.54, 1.807) is 0 Å². The molecular weight excluding hydrogens is 210 g/mol. The van der Waals surface area contributed by atoms with Gasteiger partial charge in [-0.3, -0.25) is 4.68 Å². The molecule has 0 aliphatic heterocycles. The van der Waals surface area contributed by atoms with Crippen molar-refractivity contribution in [3.63, 3.8) is 0 Å². The summed E-state index contributed by atoms with van der Waals surface area (Å²) in [6.07, 6.45) is 7.16. The second-order valence-electron chi connectivity index (χ2n) is 5.97. The molecule has 17 heavy (non-hydrogen) atoms. The van der Waals surface area contributed by atoms with Crippen LogP contribution in [0.1, 0.15) is 38.8 Å². The summed E-state index contributed by atoms with van der Waals surface area (Å²) in [7, 11) is 2.03. The fourth-order valence-corrected chi connectivity index (χ4v) is 2.36. The summed E-state index contributed by atoms with van der Waals surface area (Å²) >= 11 is 0. The van der Waals surface area contributed by atoms with Gasteiger partial charge in [0.2, 0.25) is 0 Å². The zero-order chi connectivity index (χ0) is 12.3. The van der Waals surface area contributed by atoms with Crippen molar-refractivity contribution in [2.75, 3.05) is 13.1 Å². The number of aryl methyl sites for hydroxylation is 2. The van der Waals surface area contributed by atoms with Crippen molar-refractivity contribution >= 4 is 0 Å². The first kappa shape index (κ1) is 12.6. The molecule has 1 aliphatic rings. The Hall–Kier alpha value is -0.830. The summed E-state index contributed by atoms with van der Waals surface area (Å²) in [6, 6.07) is 2.14. The lowest BCUT2D eigenvalue weighted by atomic mass is 9.98. The molecule has 1 saturated carbocycles. The molecule has 0 unspecified atom stereocenters. The summed E-state index contributed by atoms with van der Waals surface area (Å²) in [5.74, 6) is 0.753. The molecule has 0 aromatic carbocycles. The minimum atomic E-state index is 0.596. The van der Waals surface area contributed by atoms with Gasteiger partial charge < -0.3 is 5.32 Å². The summed E-state index contributed by atoms with van der Waals surface area (Å²) in [6.45, 7) is 6.88. The van der Waals surface area contributed by atoms with E-state index in [2.05, 4.69) is 30.3 Å². The summed E-state index contributed by atoms with van der Waals surface area (Å²) in [4.78, 5) is 0. The van der Waals surface area contributed by atoms with E-state index in [4.69, 9.17) is 0 Å². The standard InChI is InChI=1S/C14H25N3/c1-12(2)10-15-11-14(7-8-14)6-4-13-5-9-16-17(13)3/h5,9,12,15H,4,6-8,10-11H2,1-3H3. The van der Waals surface area contributed by atoms with Crippen molar-refractivity contribution in [3.05, 3.63) is 18.0 Å². The number of hydrogen-bond acceptors (Lipinski definition) is 2. The average molecular weight is 235 g/mol. The second-order valence-corrected chi connectivity index (χ2v) is 5.97. The van der Waals surface area contributed by atoms with Gasteiger partial charge in [-0.2, -0.15) is 5.10 Å². The lowest BCUT2D eigenvalue weighted by Crippen LogP contribution is -2.27. The monoisotopic (exact) mass is 235 g/mol. The van der Waals surface area contributed by atoms with Crippen LogP contribution in [0.15, 0.2) is 12.3 Å². The summed E-state index contributed by atoms with van der Waals surface area (Å²) < 4.78 is 2.00. The quantitative estimate of drug-likeness (QED) is 0.786. The van der Waals surface area contributed by atoms with Crippen molar-refractivity contribution in [2.45, 2.75) is 39.5 Å². The molecule has 2 rings (SSSR count). The molecule has 0 saturated heterocycles. The maximum atomic E-state index is 4.22. The third-order valence-electron chi connectivity index (χ3n) is 3.84. The van der Waals surface area contributed by atoms with Crippen LogP contribution in [-0.4, -0.2) is 22.9 Å². The van der Waals surface area contributed by atoms with E-state index in [-0.39, 0.29) is 0 Å². The van der Waals surface area contributed by atoms with Crippen molar-refractivity contribution in [2.24, 2.45) is 18.4 Å². The van der Waals surface area contributed by atoms with Gasteiger partial charge in [-0.25, -0.2) is 0 Å². The molecule has 0 amide bonds. The first-order valence-corrected chi connectivity index (χ1v) is 6.79. The van der Waals surface area contributed by atoms with Crippen LogP contribution in [0.4, 0.5) is 0 Å². The molecular formula is C14H25N3. The summed E-state index contributed by atoms with van der Waals surface area (Å²) in [5.41, 5.74) is 1.96. The Morgan fingerprint density at radius 1 is 1.47 bits per heavy atom. The van der Waals surface area contributed by atoms with Crippen molar-refractivity contribution in [1.29, 1.82) is 0 Å². The van der Waals surface area contributed by atoms with Crippen LogP contribution in [-0.2, 0) is 13.5 Å². The Morgan fingerprint density at radius 2 is 2.24 bits per heavy atom.